The first-order valence-corrected chi connectivity index (χ1v) is 28.2. The van der Waals surface area contributed by atoms with E-state index in [0.29, 0.717) is 19.4 Å². The summed E-state index contributed by atoms with van der Waals surface area (Å²) in [6.07, 6.45) is 68.6. The van der Waals surface area contributed by atoms with Crippen LogP contribution < -0.4 is 0 Å². The Morgan fingerprint density at radius 1 is 0.328 bits per heavy atom. The van der Waals surface area contributed by atoms with E-state index in [9.17, 15) is 9.59 Å². The average Bonchev–Trinajstić information content (AvgIpc) is 3.30. The molecule has 0 aromatic carbocycles. The van der Waals surface area contributed by atoms with E-state index in [1.54, 1.807) is 0 Å². The van der Waals surface area contributed by atoms with Crippen molar-refractivity contribution < 1.29 is 23.8 Å². The van der Waals surface area contributed by atoms with Crippen LogP contribution in [-0.4, -0.2) is 37.9 Å². The molecule has 0 spiro atoms. The zero-order chi connectivity index (χ0) is 46.3. The molecule has 0 N–H and O–H groups in total. The molecule has 5 heteroatoms. The number of hydrogen-bond acceptors (Lipinski definition) is 5. The average molecular weight is 898 g/mol. The molecule has 0 aliphatic heterocycles. The van der Waals surface area contributed by atoms with Crippen molar-refractivity contribution >= 4 is 11.9 Å². The monoisotopic (exact) mass is 897 g/mol. The minimum atomic E-state index is -0.409. The fraction of sp³-hybridized carbons (Fsp3) is 0.831. The molecule has 0 aliphatic rings. The van der Waals surface area contributed by atoms with Gasteiger partial charge in [0.1, 0.15) is 19.3 Å². The number of esters is 2. The van der Waals surface area contributed by atoms with Crippen molar-refractivity contribution in [2.24, 2.45) is 0 Å². The van der Waals surface area contributed by atoms with Crippen LogP contribution in [0.2, 0.25) is 0 Å². The van der Waals surface area contributed by atoms with Crippen LogP contribution in [0.1, 0.15) is 290 Å². The fourth-order valence-electron chi connectivity index (χ4n) is 8.08. The maximum Gasteiger partial charge on any atom is 0.305 e. The second-order valence-electron chi connectivity index (χ2n) is 18.8. The third-order valence-corrected chi connectivity index (χ3v) is 12.4. The van der Waals surface area contributed by atoms with Crippen molar-refractivity contribution in [3.8, 4) is 0 Å². The molecular formula is C59H108O5. The summed E-state index contributed by atoms with van der Waals surface area (Å²) >= 11 is 0. The lowest BCUT2D eigenvalue weighted by molar-refractivity contribution is -0.155. The molecule has 0 saturated heterocycles. The molecule has 1 atom stereocenters. The molecular weight excluding hydrogens is 789 g/mol. The quantitative estimate of drug-likeness (QED) is 0.0346. The normalized spacial score (nSPS) is 12.5. The van der Waals surface area contributed by atoms with E-state index in [1.807, 2.05) is 0 Å². The van der Waals surface area contributed by atoms with E-state index in [-0.39, 0.29) is 25.2 Å². The Balaban J connectivity index is 4.28. The van der Waals surface area contributed by atoms with Crippen molar-refractivity contribution in [2.45, 2.75) is 297 Å². The molecule has 5 nitrogen and oxygen atoms in total. The molecule has 0 unspecified atom stereocenters. The van der Waals surface area contributed by atoms with Crippen LogP contribution in [0, 0.1) is 0 Å². The van der Waals surface area contributed by atoms with Gasteiger partial charge in [0, 0.05) is 19.4 Å². The van der Waals surface area contributed by atoms with Gasteiger partial charge in [0.25, 0.3) is 0 Å². The molecule has 0 heterocycles. The minimum absolute atomic E-state index is 0.147. The van der Waals surface area contributed by atoms with E-state index in [4.69, 9.17) is 14.2 Å². The number of carbonyl (C=O) groups excluding carboxylic acids is 2. The highest BCUT2D eigenvalue weighted by Gasteiger charge is 2.16. The van der Waals surface area contributed by atoms with E-state index in [1.165, 1.54) is 186 Å². The molecule has 0 amide bonds. The highest BCUT2D eigenvalue weighted by atomic mass is 16.6. The van der Waals surface area contributed by atoms with E-state index in [0.717, 1.165) is 70.6 Å². The topological polar surface area (TPSA) is 61.8 Å². The van der Waals surface area contributed by atoms with Gasteiger partial charge in [-0.3, -0.25) is 9.59 Å². The van der Waals surface area contributed by atoms with Crippen LogP contribution >= 0.6 is 0 Å². The third kappa shape index (κ3) is 52.5. The largest absolute Gasteiger partial charge is 0.463 e. The van der Waals surface area contributed by atoms with Crippen molar-refractivity contribution in [2.75, 3.05) is 19.8 Å². The van der Waals surface area contributed by atoms with Gasteiger partial charge in [-0.1, -0.05) is 243 Å². The summed E-state index contributed by atoms with van der Waals surface area (Å²) in [5.41, 5.74) is 0. The van der Waals surface area contributed by atoms with E-state index < -0.39 is 6.10 Å². The van der Waals surface area contributed by atoms with Gasteiger partial charge in [-0.05, 0) is 83.5 Å². The van der Waals surface area contributed by atoms with Crippen LogP contribution in [0.3, 0.4) is 0 Å². The van der Waals surface area contributed by atoms with Crippen LogP contribution in [0.4, 0.5) is 0 Å². The molecule has 0 radical (unpaired) electrons. The number of carbonyl (C=O) groups is 2. The maximum atomic E-state index is 12.6. The number of ether oxygens (including phenoxy) is 3. The molecule has 0 aromatic heterocycles. The Labute approximate surface area is 399 Å². The van der Waals surface area contributed by atoms with Crippen LogP contribution in [0.25, 0.3) is 0 Å². The Hall–Kier alpha value is -2.14. The van der Waals surface area contributed by atoms with Crippen molar-refractivity contribution in [1.82, 2.24) is 0 Å². The second-order valence-corrected chi connectivity index (χ2v) is 18.8. The molecule has 0 rings (SSSR count). The van der Waals surface area contributed by atoms with E-state index in [2.05, 4.69) is 69.4 Å². The van der Waals surface area contributed by atoms with Crippen molar-refractivity contribution in [1.29, 1.82) is 0 Å². The summed E-state index contributed by atoms with van der Waals surface area (Å²) < 4.78 is 17.5. The summed E-state index contributed by atoms with van der Waals surface area (Å²) in [4.78, 5) is 25.3. The zero-order valence-electron chi connectivity index (χ0n) is 43.1. The number of rotatable bonds is 52. The lowest BCUT2D eigenvalue weighted by Crippen LogP contribution is -2.29. The first kappa shape index (κ1) is 61.9. The van der Waals surface area contributed by atoms with Crippen molar-refractivity contribution in [3.05, 3.63) is 48.6 Å². The van der Waals surface area contributed by atoms with Gasteiger partial charge in [-0.2, -0.15) is 0 Å². The molecule has 0 fully saturated rings. The van der Waals surface area contributed by atoms with Crippen LogP contribution in [0.15, 0.2) is 48.6 Å². The third-order valence-electron chi connectivity index (χ3n) is 12.4. The smallest absolute Gasteiger partial charge is 0.305 e. The Morgan fingerprint density at radius 3 is 0.984 bits per heavy atom. The summed E-state index contributed by atoms with van der Waals surface area (Å²) in [6.45, 7) is 7.70. The van der Waals surface area contributed by atoms with Gasteiger partial charge in [0.2, 0.25) is 0 Å². The zero-order valence-corrected chi connectivity index (χ0v) is 43.1. The summed E-state index contributed by atoms with van der Waals surface area (Å²) in [5, 5.41) is 0. The SMILES string of the molecule is CCCCC/C=C\C/C=C\C/C=C\CCCCCCC(=O)OC[C@H](COC(=O)CCCCCCCCC/C=C\CCCCCC)OCCCCCCCCCCCCCCCCCC. The maximum absolute atomic E-state index is 12.6. The second kappa shape index (κ2) is 55.2. The standard InChI is InChI=1S/C59H108O5/c1-4-7-10-13-16-19-22-25-28-30-32-35-38-41-44-47-50-53-59(61)64-56-57(62-54-51-48-45-42-39-36-33-29-26-23-20-17-14-11-8-5-2)55-63-58(60)52-49-46-43-40-37-34-31-27-24-21-18-15-12-9-6-3/h16,19,21,24-25,28,32,35,57H,4-15,17-18,20,22-23,26-27,29-31,33-34,36-56H2,1-3H3/b19-16-,24-21-,28-25-,35-32-/t57-/m0/s1. The molecule has 0 saturated carbocycles. The minimum Gasteiger partial charge on any atom is -0.463 e. The Kier molecular flexibility index (Phi) is 53.3. The number of allylic oxidation sites excluding steroid dienone is 8. The number of hydrogen-bond donors (Lipinski definition) is 0. The Morgan fingerprint density at radius 2 is 0.594 bits per heavy atom. The van der Waals surface area contributed by atoms with Crippen LogP contribution in [-0.2, 0) is 23.8 Å². The first-order chi connectivity index (χ1) is 31.6. The van der Waals surface area contributed by atoms with E-state index >= 15 is 0 Å². The molecule has 374 valence electrons. The molecule has 0 aliphatic carbocycles. The summed E-state index contributed by atoms with van der Waals surface area (Å²) in [6, 6.07) is 0. The highest BCUT2D eigenvalue weighted by molar-refractivity contribution is 5.69. The van der Waals surface area contributed by atoms with Gasteiger partial charge < -0.3 is 14.2 Å². The highest BCUT2D eigenvalue weighted by Crippen LogP contribution is 2.15. The predicted molar refractivity (Wildman–Crippen MR) is 279 cm³/mol. The molecule has 64 heavy (non-hydrogen) atoms. The lowest BCUT2D eigenvalue weighted by Gasteiger charge is -2.18. The molecule has 0 bridgehead atoms. The lowest BCUT2D eigenvalue weighted by atomic mass is 10.0. The Bertz CT molecular complexity index is 1060. The number of unbranched alkanes of at least 4 members (excludes halogenated alkanes) is 33. The fourth-order valence-corrected chi connectivity index (χ4v) is 8.08. The first-order valence-electron chi connectivity index (χ1n) is 28.2. The van der Waals surface area contributed by atoms with Crippen molar-refractivity contribution in [3.63, 3.8) is 0 Å². The molecule has 0 aromatic rings. The van der Waals surface area contributed by atoms with Gasteiger partial charge in [0.15, 0.2) is 0 Å². The van der Waals surface area contributed by atoms with Gasteiger partial charge in [-0.15, -0.1) is 0 Å². The summed E-state index contributed by atoms with van der Waals surface area (Å²) in [5.74, 6) is -0.352. The van der Waals surface area contributed by atoms with Gasteiger partial charge >= 0.3 is 11.9 Å². The summed E-state index contributed by atoms with van der Waals surface area (Å²) in [7, 11) is 0. The van der Waals surface area contributed by atoms with Gasteiger partial charge in [-0.25, -0.2) is 0 Å². The van der Waals surface area contributed by atoms with Gasteiger partial charge in [0.05, 0.1) is 0 Å². The van der Waals surface area contributed by atoms with Crippen LogP contribution in [0.5, 0.6) is 0 Å². The predicted octanol–water partition coefficient (Wildman–Crippen LogP) is 19.1.